The fourth-order valence-electron chi connectivity index (χ4n) is 3.45. The van der Waals surface area contributed by atoms with Crippen molar-refractivity contribution in [3.05, 3.63) is 54.9 Å². The first kappa shape index (κ1) is 21.0. The monoisotopic (exact) mass is 441 g/mol. The SMILES string of the molecule is COc1ccc(S(=O)(=O)N2CCN(c3ccc(-c4cccnc4)nn3)CC2)c(OC)c1. The molecule has 0 N–H and O–H groups in total. The molecule has 1 aliphatic heterocycles. The molecule has 0 radical (unpaired) electrons. The van der Waals surface area contributed by atoms with Crippen LogP contribution in [0.5, 0.6) is 11.5 Å². The van der Waals surface area contributed by atoms with E-state index in [1.807, 2.05) is 29.2 Å². The van der Waals surface area contributed by atoms with E-state index < -0.39 is 10.0 Å². The van der Waals surface area contributed by atoms with Gasteiger partial charge in [0, 0.05) is 50.2 Å². The molecule has 3 heterocycles. The zero-order chi connectivity index (χ0) is 21.8. The van der Waals surface area contributed by atoms with Crippen molar-refractivity contribution in [2.45, 2.75) is 4.90 Å². The van der Waals surface area contributed by atoms with E-state index in [0.717, 1.165) is 11.3 Å². The second kappa shape index (κ2) is 8.86. The lowest BCUT2D eigenvalue weighted by Crippen LogP contribution is -2.49. The van der Waals surface area contributed by atoms with Crippen molar-refractivity contribution < 1.29 is 17.9 Å². The Morgan fingerprint density at radius 2 is 1.74 bits per heavy atom. The number of nitrogens with zero attached hydrogens (tertiary/aromatic N) is 5. The van der Waals surface area contributed by atoms with Gasteiger partial charge in [-0.25, -0.2) is 8.42 Å². The van der Waals surface area contributed by atoms with E-state index >= 15 is 0 Å². The third-order valence-electron chi connectivity index (χ3n) is 5.16. The van der Waals surface area contributed by atoms with Crippen LogP contribution in [0, 0.1) is 0 Å². The van der Waals surface area contributed by atoms with E-state index in [2.05, 4.69) is 15.2 Å². The molecule has 0 saturated carbocycles. The lowest BCUT2D eigenvalue weighted by atomic mass is 10.2. The van der Waals surface area contributed by atoms with Crippen molar-refractivity contribution in [3.63, 3.8) is 0 Å². The number of sulfonamides is 1. The Labute approximate surface area is 181 Å². The Balaban J connectivity index is 1.46. The molecule has 4 rings (SSSR count). The minimum Gasteiger partial charge on any atom is -0.497 e. The van der Waals surface area contributed by atoms with E-state index in [-0.39, 0.29) is 10.6 Å². The maximum atomic E-state index is 13.2. The zero-order valence-corrected chi connectivity index (χ0v) is 18.1. The van der Waals surface area contributed by atoms with Gasteiger partial charge in [0.2, 0.25) is 10.0 Å². The molecule has 10 heteroatoms. The largest absolute Gasteiger partial charge is 0.497 e. The van der Waals surface area contributed by atoms with Crippen molar-refractivity contribution in [1.82, 2.24) is 19.5 Å². The average Bonchev–Trinajstić information content (AvgIpc) is 2.84. The van der Waals surface area contributed by atoms with Crippen LogP contribution >= 0.6 is 0 Å². The molecule has 1 aliphatic rings. The maximum absolute atomic E-state index is 13.2. The Morgan fingerprint density at radius 1 is 0.935 bits per heavy atom. The van der Waals surface area contributed by atoms with Crippen LogP contribution in [0.1, 0.15) is 0 Å². The first-order valence-electron chi connectivity index (χ1n) is 9.74. The molecule has 1 fully saturated rings. The van der Waals surface area contributed by atoms with Gasteiger partial charge in [-0.05, 0) is 36.4 Å². The van der Waals surface area contributed by atoms with E-state index in [9.17, 15) is 8.42 Å². The number of pyridine rings is 1. The normalized spacial score (nSPS) is 15.0. The van der Waals surface area contributed by atoms with Crippen LogP contribution in [0.3, 0.4) is 0 Å². The molecule has 1 aromatic carbocycles. The van der Waals surface area contributed by atoms with Crippen molar-refractivity contribution in [2.24, 2.45) is 0 Å². The van der Waals surface area contributed by atoms with E-state index in [1.165, 1.54) is 24.6 Å². The van der Waals surface area contributed by atoms with E-state index in [1.54, 1.807) is 24.5 Å². The predicted molar refractivity (Wildman–Crippen MR) is 116 cm³/mol. The van der Waals surface area contributed by atoms with Gasteiger partial charge in [-0.2, -0.15) is 4.31 Å². The van der Waals surface area contributed by atoms with Crippen molar-refractivity contribution in [3.8, 4) is 22.8 Å². The van der Waals surface area contributed by atoms with E-state index in [0.29, 0.717) is 37.7 Å². The third-order valence-corrected chi connectivity index (χ3v) is 7.10. The smallest absolute Gasteiger partial charge is 0.246 e. The standard InChI is InChI=1S/C21H23N5O4S/c1-29-17-5-7-20(19(14-17)30-2)31(27,28)26-12-10-25(11-13-26)21-8-6-18(23-24-21)16-4-3-9-22-15-16/h3-9,14-15H,10-13H2,1-2H3. The number of methoxy groups -OCH3 is 2. The third kappa shape index (κ3) is 4.30. The second-order valence-electron chi connectivity index (χ2n) is 6.93. The Morgan fingerprint density at radius 3 is 2.35 bits per heavy atom. The summed E-state index contributed by atoms with van der Waals surface area (Å²) in [6.45, 7) is 1.70. The highest BCUT2D eigenvalue weighted by molar-refractivity contribution is 7.89. The fraction of sp³-hybridized carbons (Fsp3) is 0.286. The predicted octanol–water partition coefficient (Wildman–Crippen LogP) is 2.07. The van der Waals surface area contributed by atoms with Gasteiger partial charge in [0.25, 0.3) is 0 Å². The number of hydrogen-bond donors (Lipinski definition) is 0. The van der Waals surface area contributed by atoms with Crippen LogP contribution in [0.25, 0.3) is 11.3 Å². The van der Waals surface area contributed by atoms with Crippen LogP contribution < -0.4 is 14.4 Å². The summed E-state index contributed by atoms with van der Waals surface area (Å²) in [6, 6.07) is 12.3. The molecular formula is C21H23N5O4S. The number of rotatable bonds is 6. The van der Waals surface area contributed by atoms with Crippen LogP contribution in [0.2, 0.25) is 0 Å². The average molecular weight is 442 g/mol. The highest BCUT2D eigenvalue weighted by atomic mass is 32.2. The summed E-state index contributed by atoms with van der Waals surface area (Å²) in [5.41, 5.74) is 1.63. The molecule has 0 spiro atoms. The first-order valence-corrected chi connectivity index (χ1v) is 11.2. The van der Waals surface area contributed by atoms with Crippen molar-refractivity contribution >= 4 is 15.8 Å². The summed E-state index contributed by atoms with van der Waals surface area (Å²) >= 11 is 0. The lowest BCUT2D eigenvalue weighted by molar-refractivity contribution is 0.369. The van der Waals surface area contributed by atoms with Gasteiger partial charge in [0.15, 0.2) is 5.82 Å². The van der Waals surface area contributed by atoms with E-state index in [4.69, 9.17) is 9.47 Å². The molecular weight excluding hydrogens is 418 g/mol. The molecule has 31 heavy (non-hydrogen) atoms. The molecule has 0 aliphatic carbocycles. The Hall–Kier alpha value is -3.24. The van der Waals surface area contributed by atoms with Gasteiger partial charge in [-0.1, -0.05) is 0 Å². The fourth-order valence-corrected chi connectivity index (χ4v) is 5.01. The van der Waals surface area contributed by atoms with Crippen molar-refractivity contribution in [1.29, 1.82) is 0 Å². The molecule has 0 amide bonds. The number of anilines is 1. The minimum absolute atomic E-state index is 0.130. The topological polar surface area (TPSA) is 97.8 Å². The maximum Gasteiger partial charge on any atom is 0.246 e. The summed E-state index contributed by atoms with van der Waals surface area (Å²) in [5, 5.41) is 8.60. The molecule has 3 aromatic rings. The van der Waals surface area contributed by atoms with Gasteiger partial charge in [-0.3, -0.25) is 4.98 Å². The van der Waals surface area contributed by atoms with Gasteiger partial charge < -0.3 is 14.4 Å². The zero-order valence-electron chi connectivity index (χ0n) is 17.3. The molecule has 2 aromatic heterocycles. The second-order valence-corrected chi connectivity index (χ2v) is 8.83. The number of hydrogen-bond acceptors (Lipinski definition) is 8. The summed E-state index contributed by atoms with van der Waals surface area (Å²) in [6.07, 6.45) is 3.45. The molecule has 9 nitrogen and oxygen atoms in total. The van der Waals surface area contributed by atoms with Crippen LogP contribution in [0.4, 0.5) is 5.82 Å². The van der Waals surface area contributed by atoms with Crippen LogP contribution in [-0.2, 0) is 10.0 Å². The van der Waals surface area contributed by atoms with Gasteiger partial charge >= 0.3 is 0 Å². The number of piperazine rings is 1. The molecule has 1 saturated heterocycles. The van der Waals surface area contributed by atoms with Crippen LogP contribution in [-0.4, -0.2) is 68.3 Å². The van der Waals surface area contributed by atoms with Gasteiger partial charge in [0.05, 0.1) is 19.9 Å². The Kier molecular flexibility index (Phi) is 6.01. The minimum atomic E-state index is -3.69. The summed E-state index contributed by atoms with van der Waals surface area (Å²) < 4.78 is 38.2. The Bertz CT molecular complexity index is 1130. The highest BCUT2D eigenvalue weighted by Gasteiger charge is 2.31. The quantitative estimate of drug-likeness (QED) is 0.573. The summed E-state index contributed by atoms with van der Waals surface area (Å²) in [5.74, 6) is 1.51. The number of ether oxygens (including phenoxy) is 2. The number of benzene rings is 1. The highest BCUT2D eigenvalue weighted by Crippen LogP contribution is 2.31. The summed E-state index contributed by atoms with van der Waals surface area (Å²) in [7, 11) is -0.729. The lowest BCUT2D eigenvalue weighted by Gasteiger charge is -2.34. The molecule has 0 atom stereocenters. The van der Waals surface area contributed by atoms with Crippen LogP contribution in [0.15, 0.2) is 59.8 Å². The van der Waals surface area contributed by atoms with Gasteiger partial charge in [-0.15, -0.1) is 10.2 Å². The number of aromatic nitrogens is 3. The molecule has 0 bridgehead atoms. The first-order chi connectivity index (χ1) is 15.0. The summed E-state index contributed by atoms with van der Waals surface area (Å²) in [4.78, 5) is 6.25. The van der Waals surface area contributed by atoms with Gasteiger partial charge in [0.1, 0.15) is 16.4 Å². The molecule has 0 unspecified atom stereocenters. The van der Waals surface area contributed by atoms with Crippen molar-refractivity contribution in [2.75, 3.05) is 45.3 Å². The molecule has 162 valence electrons.